The Bertz CT molecular complexity index is 97.9. The van der Waals surface area contributed by atoms with Crippen molar-refractivity contribution in [2.45, 2.75) is 12.4 Å². The molecule has 8 heavy (non-hydrogen) atoms. The first kappa shape index (κ1) is 7.37. The second-order valence-electron chi connectivity index (χ2n) is 1.20. The molecule has 2 N–H and O–H groups in total. The molecule has 0 aromatic heterocycles. The van der Waals surface area contributed by atoms with Crippen molar-refractivity contribution in [3.8, 4) is 6.07 Å². The van der Waals surface area contributed by atoms with E-state index in [2.05, 4.69) is 4.74 Å². The standard InChI is InChI=1S/C4H7NO3/c1-8-4(7)3(6)2-5/h3-4,6-7H,1H3. The smallest absolute Gasteiger partial charge is 0.194 e. The zero-order valence-electron chi connectivity index (χ0n) is 4.40. The number of methoxy groups -OCH3 is 1. The molecule has 0 aliphatic heterocycles. The summed E-state index contributed by atoms with van der Waals surface area (Å²) >= 11 is 0. The highest BCUT2D eigenvalue weighted by atomic mass is 16.6. The van der Waals surface area contributed by atoms with Crippen LogP contribution in [0.2, 0.25) is 0 Å². The predicted molar refractivity (Wildman–Crippen MR) is 24.6 cm³/mol. The molecule has 0 spiro atoms. The molecule has 0 fully saturated rings. The van der Waals surface area contributed by atoms with Gasteiger partial charge in [-0.2, -0.15) is 5.26 Å². The molecule has 0 heterocycles. The van der Waals surface area contributed by atoms with E-state index >= 15 is 0 Å². The molecule has 2 atom stereocenters. The van der Waals surface area contributed by atoms with Gasteiger partial charge in [0.15, 0.2) is 12.4 Å². The number of aliphatic hydroxyl groups is 2. The van der Waals surface area contributed by atoms with Gasteiger partial charge in [0.1, 0.15) is 0 Å². The molecule has 0 aliphatic carbocycles. The Balaban J connectivity index is 3.49. The van der Waals surface area contributed by atoms with E-state index in [-0.39, 0.29) is 0 Å². The normalized spacial score (nSPS) is 16.8. The molecule has 0 aromatic rings. The molecule has 4 heteroatoms. The van der Waals surface area contributed by atoms with Gasteiger partial charge in [0.2, 0.25) is 0 Å². The van der Waals surface area contributed by atoms with E-state index in [0.29, 0.717) is 0 Å². The Morgan fingerprint density at radius 1 is 1.62 bits per heavy atom. The number of hydrogen-bond acceptors (Lipinski definition) is 4. The monoisotopic (exact) mass is 117 g/mol. The lowest BCUT2D eigenvalue weighted by Crippen LogP contribution is -2.25. The SMILES string of the molecule is COC(O)C(O)C#N. The molecular weight excluding hydrogens is 110 g/mol. The van der Waals surface area contributed by atoms with Gasteiger partial charge < -0.3 is 14.9 Å². The number of hydrogen-bond donors (Lipinski definition) is 2. The highest BCUT2D eigenvalue weighted by Crippen LogP contribution is 1.89. The zero-order chi connectivity index (χ0) is 6.57. The molecule has 0 rings (SSSR count). The van der Waals surface area contributed by atoms with Crippen molar-refractivity contribution in [3.63, 3.8) is 0 Å². The summed E-state index contributed by atoms with van der Waals surface area (Å²) in [5.41, 5.74) is 0. The summed E-state index contributed by atoms with van der Waals surface area (Å²) in [5, 5.41) is 24.7. The number of nitrogens with zero attached hydrogens (tertiary/aromatic N) is 1. The maximum Gasteiger partial charge on any atom is 0.194 e. The van der Waals surface area contributed by atoms with Crippen LogP contribution in [0.1, 0.15) is 0 Å². The largest absolute Gasteiger partial charge is 0.374 e. The Kier molecular flexibility index (Phi) is 3.12. The number of ether oxygens (including phenoxy) is 1. The Hall–Kier alpha value is -0.630. The molecule has 0 saturated heterocycles. The van der Waals surface area contributed by atoms with Crippen molar-refractivity contribution in [2.24, 2.45) is 0 Å². The number of nitriles is 1. The van der Waals surface area contributed by atoms with Crippen molar-refractivity contribution >= 4 is 0 Å². The summed E-state index contributed by atoms with van der Waals surface area (Å²) in [6, 6.07) is 1.40. The minimum absolute atomic E-state index is 1.20. The Morgan fingerprint density at radius 2 is 2.12 bits per heavy atom. The summed E-state index contributed by atoms with van der Waals surface area (Å²) in [7, 11) is 1.20. The summed E-state index contributed by atoms with van der Waals surface area (Å²) in [5.74, 6) is 0. The molecule has 2 unspecified atom stereocenters. The predicted octanol–water partition coefficient (Wildman–Crippen LogP) is -1.16. The van der Waals surface area contributed by atoms with Crippen LogP contribution in [0.15, 0.2) is 0 Å². The van der Waals surface area contributed by atoms with Crippen LogP contribution in [0.3, 0.4) is 0 Å². The van der Waals surface area contributed by atoms with Gasteiger partial charge in [-0.05, 0) is 0 Å². The first-order chi connectivity index (χ1) is 3.72. The summed E-state index contributed by atoms with van der Waals surface area (Å²) in [6.07, 6.45) is -2.83. The zero-order valence-corrected chi connectivity index (χ0v) is 4.40. The highest BCUT2D eigenvalue weighted by molar-refractivity contribution is 4.83. The Labute approximate surface area is 46.9 Å². The fraction of sp³-hybridized carbons (Fsp3) is 0.750. The van der Waals surface area contributed by atoms with E-state index in [1.807, 2.05) is 0 Å². The van der Waals surface area contributed by atoms with Crippen LogP contribution in [-0.4, -0.2) is 29.7 Å². The number of rotatable bonds is 2. The highest BCUT2D eigenvalue weighted by Gasteiger charge is 2.12. The topological polar surface area (TPSA) is 73.5 Å². The van der Waals surface area contributed by atoms with Gasteiger partial charge in [0.25, 0.3) is 0 Å². The van der Waals surface area contributed by atoms with Crippen LogP contribution >= 0.6 is 0 Å². The van der Waals surface area contributed by atoms with E-state index in [0.717, 1.165) is 0 Å². The van der Waals surface area contributed by atoms with Gasteiger partial charge in [-0.25, -0.2) is 0 Å². The third kappa shape index (κ3) is 1.89. The second kappa shape index (κ2) is 3.38. The van der Waals surface area contributed by atoms with Crippen molar-refractivity contribution < 1.29 is 14.9 Å². The van der Waals surface area contributed by atoms with Crippen LogP contribution in [0.5, 0.6) is 0 Å². The average molecular weight is 117 g/mol. The van der Waals surface area contributed by atoms with Crippen molar-refractivity contribution in [3.05, 3.63) is 0 Å². The van der Waals surface area contributed by atoms with Gasteiger partial charge in [-0.15, -0.1) is 0 Å². The maximum absolute atomic E-state index is 8.43. The third-order valence-corrected chi connectivity index (χ3v) is 0.644. The Morgan fingerprint density at radius 3 is 2.25 bits per heavy atom. The molecule has 0 amide bonds. The van der Waals surface area contributed by atoms with Gasteiger partial charge in [-0.3, -0.25) is 0 Å². The van der Waals surface area contributed by atoms with Crippen molar-refractivity contribution in [1.29, 1.82) is 5.26 Å². The molecule has 0 saturated carbocycles. The maximum atomic E-state index is 8.43. The molecule has 0 radical (unpaired) electrons. The fourth-order valence-electron chi connectivity index (χ4n) is 0.193. The van der Waals surface area contributed by atoms with E-state index in [4.69, 9.17) is 15.5 Å². The lowest BCUT2D eigenvalue weighted by Gasteiger charge is -2.06. The molecule has 46 valence electrons. The lowest BCUT2D eigenvalue weighted by molar-refractivity contribution is -0.126. The van der Waals surface area contributed by atoms with Crippen LogP contribution in [0.4, 0.5) is 0 Å². The first-order valence-electron chi connectivity index (χ1n) is 2.01. The van der Waals surface area contributed by atoms with Crippen molar-refractivity contribution in [2.75, 3.05) is 7.11 Å². The van der Waals surface area contributed by atoms with E-state index in [1.165, 1.54) is 13.2 Å². The van der Waals surface area contributed by atoms with Crippen LogP contribution in [0, 0.1) is 11.3 Å². The van der Waals surface area contributed by atoms with Crippen LogP contribution in [-0.2, 0) is 4.74 Å². The second-order valence-corrected chi connectivity index (χ2v) is 1.20. The summed E-state index contributed by atoms with van der Waals surface area (Å²) in [6.45, 7) is 0. The van der Waals surface area contributed by atoms with Gasteiger partial charge in [0.05, 0.1) is 6.07 Å². The summed E-state index contributed by atoms with van der Waals surface area (Å²) in [4.78, 5) is 0. The minimum Gasteiger partial charge on any atom is -0.374 e. The molecular formula is C4H7NO3. The van der Waals surface area contributed by atoms with E-state index in [9.17, 15) is 0 Å². The van der Waals surface area contributed by atoms with Gasteiger partial charge >= 0.3 is 0 Å². The quantitative estimate of drug-likeness (QED) is 0.353. The van der Waals surface area contributed by atoms with E-state index < -0.39 is 12.4 Å². The molecule has 4 nitrogen and oxygen atoms in total. The fourth-order valence-corrected chi connectivity index (χ4v) is 0.193. The van der Waals surface area contributed by atoms with Gasteiger partial charge in [0, 0.05) is 7.11 Å². The van der Waals surface area contributed by atoms with Crippen molar-refractivity contribution in [1.82, 2.24) is 0 Å². The minimum atomic E-state index is -1.44. The van der Waals surface area contributed by atoms with Crippen LogP contribution < -0.4 is 0 Å². The first-order valence-corrected chi connectivity index (χ1v) is 2.01. The van der Waals surface area contributed by atoms with Crippen LogP contribution in [0.25, 0.3) is 0 Å². The number of aliphatic hydroxyl groups excluding tert-OH is 2. The summed E-state index contributed by atoms with van der Waals surface area (Å²) < 4.78 is 4.19. The lowest BCUT2D eigenvalue weighted by atomic mass is 10.4. The van der Waals surface area contributed by atoms with Gasteiger partial charge in [-0.1, -0.05) is 0 Å². The molecule has 0 aromatic carbocycles. The average Bonchev–Trinajstić information content (AvgIpc) is 1.84. The molecule has 0 bridgehead atoms. The van der Waals surface area contributed by atoms with E-state index in [1.54, 1.807) is 0 Å². The third-order valence-electron chi connectivity index (χ3n) is 0.644. The molecule has 0 aliphatic rings.